The van der Waals surface area contributed by atoms with Crippen molar-refractivity contribution >= 4 is 0 Å². The molecule has 19 heavy (non-hydrogen) atoms. The molecule has 1 saturated carbocycles. The van der Waals surface area contributed by atoms with Crippen molar-refractivity contribution < 1.29 is 18.3 Å². The van der Waals surface area contributed by atoms with Gasteiger partial charge in [0.25, 0.3) is 0 Å². The van der Waals surface area contributed by atoms with Crippen LogP contribution >= 0.6 is 0 Å². The Balaban J connectivity index is 1.72. The molecule has 0 bridgehead atoms. The fourth-order valence-electron chi connectivity index (χ4n) is 3.22. The van der Waals surface area contributed by atoms with Crippen LogP contribution in [0, 0.1) is 17.6 Å². The highest BCUT2D eigenvalue weighted by molar-refractivity contribution is 5.19. The minimum Gasteiger partial charge on any atom is -0.345 e. The highest BCUT2D eigenvalue weighted by Gasteiger charge is 2.48. The van der Waals surface area contributed by atoms with E-state index in [0.29, 0.717) is 12.3 Å². The quantitative estimate of drug-likeness (QED) is 0.818. The standard InChI is InChI=1S/C15H18F2O2/c1-15(2)18-13-6-4-10(14(13)19-15)7-9-3-5-11(16)12(17)8-9/h3,5,8,10,13-14H,4,6-7H2,1-2H3. The molecule has 2 aliphatic rings. The summed E-state index contributed by atoms with van der Waals surface area (Å²) in [6.07, 6.45) is 2.90. The van der Waals surface area contributed by atoms with Crippen molar-refractivity contribution in [3.8, 4) is 0 Å². The van der Waals surface area contributed by atoms with Crippen molar-refractivity contribution in [2.45, 2.75) is 51.1 Å². The van der Waals surface area contributed by atoms with Crippen LogP contribution in [-0.4, -0.2) is 18.0 Å². The molecule has 4 heteroatoms. The summed E-state index contributed by atoms with van der Waals surface area (Å²) in [5, 5.41) is 0. The van der Waals surface area contributed by atoms with E-state index >= 15 is 0 Å². The average molecular weight is 268 g/mol. The molecule has 1 saturated heterocycles. The van der Waals surface area contributed by atoms with Gasteiger partial charge < -0.3 is 9.47 Å². The third-order valence-electron chi connectivity index (χ3n) is 3.99. The highest BCUT2D eigenvalue weighted by Crippen LogP contribution is 2.42. The zero-order chi connectivity index (χ0) is 13.6. The molecule has 0 N–H and O–H groups in total. The maximum atomic E-state index is 13.2. The largest absolute Gasteiger partial charge is 0.345 e. The van der Waals surface area contributed by atoms with Crippen LogP contribution in [0.25, 0.3) is 0 Å². The van der Waals surface area contributed by atoms with Gasteiger partial charge in [0.2, 0.25) is 0 Å². The third kappa shape index (κ3) is 2.51. The van der Waals surface area contributed by atoms with Gasteiger partial charge in [-0.2, -0.15) is 0 Å². The summed E-state index contributed by atoms with van der Waals surface area (Å²) in [5.41, 5.74) is 0.817. The van der Waals surface area contributed by atoms with E-state index in [2.05, 4.69) is 0 Å². The van der Waals surface area contributed by atoms with Crippen molar-refractivity contribution in [1.29, 1.82) is 0 Å². The lowest BCUT2D eigenvalue weighted by atomic mass is 9.96. The van der Waals surface area contributed by atoms with Crippen LogP contribution in [0.1, 0.15) is 32.3 Å². The minimum absolute atomic E-state index is 0.0723. The van der Waals surface area contributed by atoms with Crippen LogP contribution in [0.3, 0.4) is 0 Å². The van der Waals surface area contributed by atoms with E-state index in [1.165, 1.54) is 12.1 Å². The molecule has 1 aromatic carbocycles. The predicted molar refractivity (Wildman–Crippen MR) is 66.6 cm³/mol. The van der Waals surface area contributed by atoms with Crippen LogP contribution in [0.15, 0.2) is 18.2 Å². The Morgan fingerprint density at radius 3 is 2.68 bits per heavy atom. The fraction of sp³-hybridized carbons (Fsp3) is 0.600. The highest BCUT2D eigenvalue weighted by atomic mass is 19.2. The Morgan fingerprint density at radius 1 is 1.16 bits per heavy atom. The van der Waals surface area contributed by atoms with E-state index in [9.17, 15) is 8.78 Å². The second-order valence-corrected chi connectivity index (χ2v) is 5.93. The monoisotopic (exact) mass is 268 g/mol. The van der Waals surface area contributed by atoms with Gasteiger partial charge >= 0.3 is 0 Å². The summed E-state index contributed by atoms with van der Waals surface area (Å²) in [5.74, 6) is -1.79. The molecule has 3 rings (SSSR count). The topological polar surface area (TPSA) is 18.5 Å². The van der Waals surface area contributed by atoms with Gasteiger partial charge in [-0.25, -0.2) is 8.78 Å². The van der Waals surface area contributed by atoms with Gasteiger partial charge in [-0.05, 0) is 56.7 Å². The Bertz CT molecular complexity index is 487. The summed E-state index contributed by atoms with van der Waals surface area (Å²) in [7, 11) is 0. The molecular weight excluding hydrogens is 250 g/mol. The van der Waals surface area contributed by atoms with Crippen LogP contribution in [0.4, 0.5) is 8.78 Å². The summed E-state index contributed by atoms with van der Waals surface area (Å²) in [6, 6.07) is 4.11. The molecule has 104 valence electrons. The van der Waals surface area contributed by atoms with Crippen molar-refractivity contribution in [2.75, 3.05) is 0 Å². The van der Waals surface area contributed by atoms with E-state index < -0.39 is 17.4 Å². The molecule has 1 aromatic rings. The number of hydrogen-bond donors (Lipinski definition) is 0. The first-order valence-corrected chi connectivity index (χ1v) is 6.74. The van der Waals surface area contributed by atoms with Crippen LogP contribution in [0.2, 0.25) is 0 Å². The molecule has 2 fully saturated rings. The van der Waals surface area contributed by atoms with Gasteiger partial charge in [-0.1, -0.05) is 6.07 Å². The summed E-state index contributed by atoms with van der Waals surface area (Å²) >= 11 is 0. The maximum absolute atomic E-state index is 13.2. The van der Waals surface area contributed by atoms with Gasteiger partial charge in [0.15, 0.2) is 17.4 Å². The normalized spacial score (nSPS) is 32.5. The van der Waals surface area contributed by atoms with E-state index in [1.807, 2.05) is 13.8 Å². The smallest absolute Gasteiger partial charge is 0.163 e. The van der Waals surface area contributed by atoms with Gasteiger partial charge in [0, 0.05) is 0 Å². The SMILES string of the molecule is CC1(C)OC2CCC(Cc3ccc(F)c(F)c3)C2O1. The van der Waals surface area contributed by atoms with Gasteiger partial charge in [0.1, 0.15) is 0 Å². The Morgan fingerprint density at radius 2 is 1.95 bits per heavy atom. The van der Waals surface area contributed by atoms with E-state index in [-0.39, 0.29) is 12.2 Å². The lowest BCUT2D eigenvalue weighted by molar-refractivity contribution is -0.156. The number of rotatable bonds is 2. The van der Waals surface area contributed by atoms with Crippen molar-refractivity contribution in [3.05, 3.63) is 35.4 Å². The van der Waals surface area contributed by atoms with Crippen molar-refractivity contribution in [2.24, 2.45) is 5.92 Å². The Labute approximate surface area is 111 Å². The predicted octanol–water partition coefficient (Wildman–Crippen LogP) is 3.44. The average Bonchev–Trinajstić information content (AvgIpc) is 2.81. The maximum Gasteiger partial charge on any atom is 0.163 e. The van der Waals surface area contributed by atoms with E-state index in [4.69, 9.17) is 9.47 Å². The summed E-state index contributed by atoms with van der Waals surface area (Å²) in [4.78, 5) is 0. The molecule has 3 atom stereocenters. The Kier molecular flexibility index (Phi) is 3.10. The Hall–Kier alpha value is -1.00. The minimum atomic E-state index is -0.797. The number of hydrogen-bond acceptors (Lipinski definition) is 2. The van der Waals surface area contributed by atoms with E-state index in [1.54, 1.807) is 6.07 Å². The first kappa shape index (κ1) is 13.0. The van der Waals surface area contributed by atoms with Crippen LogP contribution < -0.4 is 0 Å². The molecule has 2 nitrogen and oxygen atoms in total. The second kappa shape index (κ2) is 4.53. The first-order chi connectivity index (χ1) is 8.94. The molecule has 1 heterocycles. The second-order valence-electron chi connectivity index (χ2n) is 5.93. The number of fused-ring (bicyclic) bond motifs is 1. The van der Waals surface area contributed by atoms with Gasteiger partial charge in [0.05, 0.1) is 12.2 Å². The zero-order valence-corrected chi connectivity index (χ0v) is 11.2. The fourth-order valence-corrected chi connectivity index (χ4v) is 3.22. The van der Waals surface area contributed by atoms with Crippen LogP contribution in [0.5, 0.6) is 0 Å². The number of benzene rings is 1. The molecule has 0 radical (unpaired) electrons. The van der Waals surface area contributed by atoms with Gasteiger partial charge in [-0.3, -0.25) is 0 Å². The first-order valence-electron chi connectivity index (χ1n) is 6.74. The molecule has 1 aliphatic carbocycles. The molecular formula is C15H18F2O2. The molecule has 0 amide bonds. The molecule has 0 spiro atoms. The number of ether oxygens (including phenoxy) is 2. The lowest BCUT2D eigenvalue weighted by Gasteiger charge is -2.21. The van der Waals surface area contributed by atoms with Crippen molar-refractivity contribution in [3.63, 3.8) is 0 Å². The van der Waals surface area contributed by atoms with E-state index in [0.717, 1.165) is 18.4 Å². The molecule has 1 aliphatic heterocycles. The van der Waals surface area contributed by atoms with Crippen LogP contribution in [-0.2, 0) is 15.9 Å². The molecule has 3 unspecified atom stereocenters. The lowest BCUT2D eigenvalue weighted by Crippen LogP contribution is -2.26. The number of halogens is 2. The van der Waals surface area contributed by atoms with Crippen molar-refractivity contribution in [1.82, 2.24) is 0 Å². The third-order valence-corrected chi connectivity index (χ3v) is 3.99. The molecule has 0 aromatic heterocycles. The zero-order valence-electron chi connectivity index (χ0n) is 11.2. The summed E-state index contributed by atoms with van der Waals surface area (Å²) in [6.45, 7) is 3.83. The summed E-state index contributed by atoms with van der Waals surface area (Å²) < 4.78 is 37.9. The van der Waals surface area contributed by atoms with Gasteiger partial charge in [-0.15, -0.1) is 0 Å².